The van der Waals surface area contributed by atoms with E-state index in [1.807, 2.05) is 36.4 Å². The molecule has 128 valence electrons. The first kappa shape index (κ1) is 16.4. The Hall–Kier alpha value is -2.05. The van der Waals surface area contributed by atoms with E-state index in [4.69, 9.17) is 16.0 Å². The second kappa shape index (κ2) is 7.06. The maximum absolute atomic E-state index is 5.91. The van der Waals surface area contributed by atoms with E-state index in [1.165, 1.54) is 12.0 Å². The minimum absolute atomic E-state index is 0.572. The van der Waals surface area contributed by atoms with E-state index in [1.54, 1.807) is 29.0 Å². The van der Waals surface area contributed by atoms with Crippen LogP contribution in [0.1, 0.15) is 36.3 Å². The van der Waals surface area contributed by atoms with Gasteiger partial charge in [-0.2, -0.15) is 9.78 Å². The summed E-state index contributed by atoms with van der Waals surface area (Å²) in [5.41, 5.74) is 1.17. The Morgan fingerprint density at radius 2 is 2.12 bits per heavy atom. The van der Waals surface area contributed by atoms with Gasteiger partial charge in [-0.3, -0.25) is 0 Å². The van der Waals surface area contributed by atoms with Crippen LogP contribution in [0.5, 0.6) is 0 Å². The third-order valence-electron chi connectivity index (χ3n) is 4.21. The van der Waals surface area contributed by atoms with Crippen molar-refractivity contribution in [2.75, 3.05) is 0 Å². The molecule has 1 aliphatic rings. The molecule has 1 saturated carbocycles. The molecule has 0 saturated heterocycles. The molecule has 5 nitrogen and oxygen atoms in total. The molecular formula is C18H17ClN4OS. The van der Waals surface area contributed by atoms with Gasteiger partial charge in [0.05, 0.1) is 6.21 Å². The Labute approximate surface area is 155 Å². The summed E-state index contributed by atoms with van der Waals surface area (Å²) < 4.78 is 7.49. The highest BCUT2D eigenvalue weighted by Crippen LogP contribution is 2.47. The van der Waals surface area contributed by atoms with Crippen LogP contribution in [-0.4, -0.2) is 21.1 Å². The van der Waals surface area contributed by atoms with Crippen molar-refractivity contribution in [1.82, 2.24) is 14.9 Å². The Morgan fingerprint density at radius 1 is 1.32 bits per heavy atom. The van der Waals surface area contributed by atoms with Crippen LogP contribution in [0.25, 0.3) is 0 Å². The first-order chi connectivity index (χ1) is 12.2. The Morgan fingerprint density at radius 3 is 2.88 bits per heavy atom. The van der Waals surface area contributed by atoms with E-state index in [9.17, 15) is 0 Å². The lowest BCUT2D eigenvalue weighted by Gasteiger charge is -2.01. The SMILES string of the molecule is C[C@@H]1C[C@@H]1c1ccc(/C=N\n2cnnc2SCc2ccc(Cl)cc2)o1. The molecule has 2 atom stereocenters. The van der Waals surface area contributed by atoms with Crippen molar-refractivity contribution in [3.05, 3.63) is 64.8 Å². The summed E-state index contributed by atoms with van der Waals surface area (Å²) in [6, 6.07) is 11.8. The molecule has 7 heteroatoms. The number of halogens is 1. The summed E-state index contributed by atoms with van der Waals surface area (Å²) in [6.45, 7) is 2.24. The molecule has 1 aromatic carbocycles. The van der Waals surface area contributed by atoms with Gasteiger partial charge in [0.25, 0.3) is 0 Å². The Bertz CT molecular complexity index is 887. The van der Waals surface area contributed by atoms with Gasteiger partial charge in [-0.15, -0.1) is 10.2 Å². The van der Waals surface area contributed by atoms with Gasteiger partial charge in [-0.1, -0.05) is 42.4 Å². The van der Waals surface area contributed by atoms with Crippen molar-refractivity contribution in [2.45, 2.75) is 30.2 Å². The number of aromatic nitrogens is 3. The van der Waals surface area contributed by atoms with Gasteiger partial charge in [-0.05, 0) is 42.2 Å². The van der Waals surface area contributed by atoms with E-state index < -0.39 is 0 Å². The van der Waals surface area contributed by atoms with Crippen LogP contribution in [0, 0.1) is 5.92 Å². The second-order valence-corrected chi connectivity index (χ2v) is 7.56. The van der Waals surface area contributed by atoms with Gasteiger partial charge in [-0.25, -0.2) is 0 Å². The molecule has 2 aromatic heterocycles. The van der Waals surface area contributed by atoms with Gasteiger partial charge in [0.1, 0.15) is 17.8 Å². The molecule has 25 heavy (non-hydrogen) atoms. The second-order valence-electron chi connectivity index (χ2n) is 6.18. The number of hydrogen-bond donors (Lipinski definition) is 0. The van der Waals surface area contributed by atoms with Crippen molar-refractivity contribution in [1.29, 1.82) is 0 Å². The molecule has 2 heterocycles. The van der Waals surface area contributed by atoms with Crippen molar-refractivity contribution in [3.8, 4) is 0 Å². The summed E-state index contributed by atoms with van der Waals surface area (Å²) >= 11 is 7.48. The zero-order chi connectivity index (χ0) is 17.2. The zero-order valence-electron chi connectivity index (χ0n) is 13.7. The number of furan rings is 1. The number of benzene rings is 1. The highest BCUT2D eigenvalue weighted by Gasteiger charge is 2.36. The van der Waals surface area contributed by atoms with Crippen LogP contribution in [0.4, 0.5) is 0 Å². The number of hydrogen-bond acceptors (Lipinski definition) is 5. The van der Waals surface area contributed by atoms with E-state index in [0.29, 0.717) is 5.92 Å². The molecule has 0 N–H and O–H groups in total. The lowest BCUT2D eigenvalue weighted by atomic mass is 10.2. The average molecular weight is 373 g/mol. The van der Waals surface area contributed by atoms with Crippen LogP contribution < -0.4 is 0 Å². The fraction of sp³-hybridized carbons (Fsp3) is 0.278. The zero-order valence-corrected chi connectivity index (χ0v) is 15.2. The van der Waals surface area contributed by atoms with Crippen LogP contribution in [0.2, 0.25) is 5.02 Å². The molecule has 0 amide bonds. The van der Waals surface area contributed by atoms with Crippen LogP contribution in [-0.2, 0) is 5.75 Å². The molecular weight excluding hydrogens is 356 g/mol. The van der Waals surface area contributed by atoms with Gasteiger partial charge in [0.15, 0.2) is 0 Å². The molecule has 0 aliphatic heterocycles. The smallest absolute Gasteiger partial charge is 0.212 e. The highest BCUT2D eigenvalue weighted by molar-refractivity contribution is 7.98. The van der Waals surface area contributed by atoms with Crippen molar-refractivity contribution in [2.24, 2.45) is 11.0 Å². The maximum atomic E-state index is 5.91. The van der Waals surface area contributed by atoms with Gasteiger partial charge in [0, 0.05) is 16.7 Å². The minimum atomic E-state index is 0.572. The first-order valence-corrected chi connectivity index (χ1v) is 9.47. The minimum Gasteiger partial charge on any atom is -0.460 e. The van der Waals surface area contributed by atoms with Crippen LogP contribution in [0.3, 0.4) is 0 Å². The van der Waals surface area contributed by atoms with Crippen molar-refractivity contribution >= 4 is 29.6 Å². The number of nitrogens with zero attached hydrogens (tertiary/aromatic N) is 4. The number of rotatable bonds is 6. The summed E-state index contributed by atoms with van der Waals surface area (Å²) in [6.07, 6.45) is 4.50. The van der Waals surface area contributed by atoms with Gasteiger partial charge >= 0.3 is 0 Å². The predicted molar refractivity (Wildman–Crippen MR) is 99.3 cm³/mol. The molecule has 0 bridgehead atoms. The monoisotopic (exact) mass is 372 g/mol. The Kier molecular flexibility index (Phi) is 4.63. The summed E-state index contributed by atoms with van der Waals surface area (Å²) in [5, 5.41) is 13.9. The van der Waals surface area contributed by atoms with E-state index in [2.05, 4.69) is 22.2 Å². The number of thioether (sulfide) groups is 1. The van der Waals surface area contributed by atoms with E-state index in [-0.39, 0.29) is 0 Å². The normalized spacial score (nSPS) is 19.6. The van der Waals surface area contributed by atoms with E-state index in [0.717, 1.165) is 33.4 Å². The van der Waals surface area contributed by atoms with E-state index >= 15 is 0 Å². The molecule has 1 aliphatic carbocycles. The first-order valence-electron chi connectivity index (χ1n) is 8.10. The fourth-order valence-corrected chi connectivity index (χ4v) is 3.54. The van der Waals surface area contributed by atoms with Crippen molar-refractivity contribution in [3.63, 3.8) is 0 Å². The quantitative estimate of drug-likeness (QED) is 0.459. The molecule has 3 aromatic rings. The molecule has 0 radical (unpaired) electrons. The molecule has 1 fully saturated rings. The van der Waals surface area contributed by atoms with Gasteiger partial charge < -0.3 is 4.42 Å². The third-order valence-corrected chi connectivity index (χ3v) is 5.47. The maximum Gasteiger partial charge on any atom is 0.212 e. The molecule has 0 spiro atoms. The summed E-state index contributed by atoms with van der Waals surface area (Å²) in [4.78, 5) is 0. The highest BCUT2D eigenvalue weighted by atomic mass is 35.5. The Balaban J connectivity index is 1.40. The summed E-state index contributed by atoms with van der Waals surface area (Å²) in [7, 11) is 0. The molecule has 0 unspecified atom stereocenters. The lowest BCUT2D eigenvalue weighted by molar-refractivity contribution is 0.499. The predicted octanol–water partition coefficient (Wildman–Crippen LogP) is 4.82. The lowest BCUT2D eigenvalue weighted by Crippen LogP contribution is -1.92. The molecule has 4 rings (SSSR count). The van der Waals surface area contributed by atoms with Crippen LogP contribution in [0.15, 0.2) is 57.4 Å². The topological polar surface area (TPSA) is 56.2 Å². The fourth-order valence-electron chi connectivity index (χ4n) is 2.60. The van der Waals surface area contributed by atoms with Gasteiger partial charge in [0.2, 0.25) is 5.16 Å². The largest absolute Gasteiger partial charge is 0.460 e. The standard InChI is InChI=1S/C18H17ClN4OS/c1-12-8-16(12)17-7-6-15(24-17)9-21-23-11-20-22-18(23)25-10-13-2-4-14(19)5-3-13/h2-7,9,11-12,16H,8,10H2,1H3/b21-9-/t12-,16+/m1/s1. The summed E-state index contributed by atoms with van der Waals surface area (Å²) in [5.74, 6) is 3.87. The van der Waals surface area contributed by atoms with Crippen LogP contribution >= 0.6 is 23.4 Å². The third kappa shape index (κ3) is 3.96. The average Bonchev–Trinajstić information content (AvgIpc) is 3.03. The van der Waals surface area contributed by atoms with Crippen molar-refractivity contribution < 1.29 is 4.42 Å².